The summed E-state index contributed by atoms with van der Waals surface area (Å²) in [6.07, 6.45) is 4.90. The van der Waals surface area contributed by atoms with E-state index in [1.807, 2.05) is 6.07 Å². The van der Waals surface area contributed by atoms with E-state index >= 15 is 0 Å². The first kappa shape index (κ1) is 13.3. The van der Waals surface area contributed by atoms with Crippen LogP contribution in [0, 0.1) is 0 Å². The zero-order valence-corrected chi connectivity index (χ0v) is 13.0. The Hall–Kier alpha value is -0.740. The van der Waals surface area contributed by atoms with Crippen LogP contribution in [0.5, 0.6) is 11.5 Å². The van der Waals surface area contributed by atoms with Crippen molar-refractivity contribution in [3.63, 3.8) is 0 Å². The van der Waals surface area contributed by atoms with Gasteiger partial charge in [-0.05, 0) is 44.7 Å². The molecule has 0 heterocycles. The number of hydrogen-bond acceptors (Lipinski definition) is 3. The Morgan fingerprint density at radius 1 is 1.37 bits per heavy atom. The van der Waals surface area contributed by atoms with Gasteiger partial charge in [0.25, 0.3) is 0 Å². The van der Waals surface area contributed by atoms with Gasteiger partial charge >= 0.3 is 0 Å². The van der Waals surface area contributed by atoms with Crippen molar-refractivity contribution >= 4 is 15.9 Å². The summed E-state index contributed by atoms with van der Waals surface area (Å²) in [5.74, 6) is 1.71. The van der Waals surface area contributed by atoms with Gasteiger partial charge in [-0.25, -0.2) is 0 Å². The lowest BCUT2D eigenvalue weighted by atomic mass is 9.88. The maximum absolute atomic E-state index is 6.21. The van der Waals surface area contributed by atoms with Crippen molar-refractivity contribution in [1.82, 2.24) is 0 Å². The summed E-state index contributed by atoms with van der Waals surface area (Å²) >= 11 is 3.56. The maximum Gasteiger partial charge on any atom is 0.165 e. The first-order chi connectivity index (χ1) is 9.06. The Morgan fingerprint density at radius 2 is 2.05 bits per heavy atom. The summed E-state index contributed by atoms with van der Waals surface area (Å²) in [5, 5.41) is 0. The molecule has 1 aromatic carbocycles. The fourth-order valence-corrected chi connectivity index (χ4v) is 3.11. The van der Waals surface area contributed by atoms with Crippen molar-refractivity contribution < 1.29 is 9.47 Å². The molecule has 0 aliphatic heterocycles. The number of hydrogen-bond donors (Lipinski definition) is 1. The molecule has 0 aromatic heterocycles. The monoisotopic (exact) mass is 325 g/mol. The van der Waals surface area contributed by atoms with E-state index in [1.54, 1.807) is 7.11 Å². The Balaban J connectivity index is 2.07. The summed E-state index contributed by atoms with van der Waals surface area (Å²) in [5.41, 5.74) is 7.49. The summed E-state index contributed by atoms with van der Waals surface area (Å²) in [4.78, 5) is 0. The average Bonchev–Trinajstić information content (AvgIpc) is 3.25. The molecule has 19 heavy (non-hydrogen) atoms. The second-order valence-corrected chi connectivity index (χ2v) is 6.66. The predicted molar refractivity (Wildman–Crippen MR) is 78.9 cm³/mol. The molecular formula is C15H20BrNO2. The maximum atomic E-state index is 6.21. The average molecular weight is 326 g/mol. The third kappa shape index (κ3) is 2.36. The van der Waals surface area contributed by atoms with Crippen LogP contribution >= 0.6 is 15.9 Å². The normalized spacial score (nSPS) is 21.9. The first-order valence-electron chi connectivity index (χ1n) is 6.87. The van der Waals surface area contributed by atoms with Crippen LogP contribution in [-0.4, -0.2) is 19.3 Å². The van der Waals surface area contributed by atoms with Gasteiger partial charge in [0.05, 0.1) is 13.2 Å². The molecule has 1 unspecified atom stereocenters. The van der Waals surface area contributed by atoms with Crippen LogP contribution in [0.1, 0.15) is 38.2 Å². The highest BCUT2D eigenvalue weighted by Crippen LogP contribution is 2.56. The van der Waals surface area contributed by atoms with E-state index in [1.165, 1.54) is 5.56 Å². The van der Waals surface area contributed by atoms with Gasteiger partial charge in [0.15, 0.2) is 11.5 Å². The Bertz CT molecular complexity index is 493. The van der Waals surface area contributed by atoms with E-state index in [-0.39, 0.29) is 11.5 Å². The molecule has 3 nitrogen and oxygen atoms in total. The smallest absolute Gasteiger partial charge is 0.165 e. The lowest BCUT2D eigenvalue weighted by Crippen LogP contribution is -2.32. The van der Waals surface area contributed by atoms with E-state index in [2.05, 4.69) is 28.9 Å². The van der Waals surface area contributed by atoms with Gasteiger partial charge in [-0.15, -0.1) is 0 Å². The second kappa shape index (κ2) is 4.67. The molecule has 4 heteroatoms. The summed E-state index contributed by atoms with van der Waals surface area (Å²) in [6.45, 7) is 2.08. The highest BCUT2D eigenvalue weighted by molar-refractivity contribution is 9.10. The molecule has 0 amide bonds. The van der Waals surface area contributed by atoms with Crippen LogP contribution in [0.4, 0.5) is 0 Å². The van der Waals surface area contributed by atoms with Crippen molar-refractivity contribution in [2.24, 2.45) is 5.73 Å². The molecule has 0 saturated heterocycles. The SMILES string of the molecule is COc1cc(Br)cc(C2(C(C)N)CC2)c1OC1CC1. The molecule has 0 bridgehead atoms. The Morgan fingerprint density at radius 3 is 2.53 bits per heavy atom. The Kier molecular flexibility index (Phi) is 3.26. The lowest BCUT2D eigenvalue weighted by Gasteiger charge is -2.25. The van der Waals surface area contributed by atoms with Crippen LogP contribution < -0.4 is 15.2 Å². The summed E-state index contributed by atoms with van der Waals surface area (Å²) < 4.78 is 12.6. The minimum Gasteiger partial charge on any atom is -0.493 e. The molecule has 2 aliphatic rings. The number of halogens is 1. The van der Waals surface area contributed by atoms with Crippen molar-refractivity contribution in [2.45, 2.75) is 50.2 Å². The fourth-order valence-electron chi connectivity index (χ4n) is 2.67. The molecule has 2 N–H and O–H groups in total. The zero-order chi connectivity index (χ0) is 13.6. The van der Waals surface area contributed by atoms with Crippen LogP contribution in [0.25, 0.3) is 0 Å². The summed E-state index contributed by atoms with van der Waals surface area (Å²) in [7, 11) is 1.69. The van der Waals surface area contributed by atoms with Gasteiger partial charge in [0.1, 0.15) is 0 Å². The highest BCUT2D eigenvalue weighted by Gasteiger charge is 2.50. The standard InChI is InChI=1S/C15H20BrNO2/c1-9(17)15(5-6-15)12-7-10(16)8-13(18-2)14(12)19-11-3-4-11/h7-9,11H,3-6,17H2,1-2H3. The quantitative estimate of drug-likeness (QED) is 0.902. The molecule has 0 spiro atoms. The van der Waals surface area contributed by atoms with Gasteiger partial charge in [0, 0.05) is 21.5 Å². The minimum absolute atomic E-state index is 0.0707. The van der Waals surface area contributed by atoms with Crippen LogP contribution in [0.2, 0.25) is 0 Å². The molecule has 104 valence electrons. The van der Waals surface area contributed by atoms with Gasteiger partial charge in [-0.3, -0.25) is 0 Å². The molecule has 2 aliphatic carbocycles. The third-order valence-corrected chi connectivity index (χ3v) is 4.70. The van der Waals surface area contributed by atoms with E-state index < -0.39 is 0 Å². The fraction of sp³-hybridized carbons (Fsp3) is 0.600. The molecule has 2 fully saturated rings. The molecule has 1 aromatic rings. The number of ether oxygens (including phenoxy) is 2. The highest BCUT2D eigenvalue weighted by atomic mass is 79.9. The van der Waals surface area contributed by atoms with Crippen molar-refractivity contribution in [2.75, 3.05) is 7.11 Å². The van der Waals surface area contributed by atoms with Crippen LogP contribution in [-0.2, 0) is 5.41 Å². The van der Waals surface area contributed by atoms with Gasteiger partial charge in [-0.2, -0.15) is 0 Å². The molecule has 3 rings (SSSR count). The number of rotatable bonds is 5. The van der Waals surface area contributed by atoms with Crippen LogP contribution in [0.15, 0.2) is 16.6 Å². The largest absolute Gasteiger partial charge is 0.493 e. The number of benzene rings is 1. The van der Waals surface area contributed by atoms with E-state index in [4.69, 9.17) is 15.2 Å². The topological polar surface area (TPSA) is 44.5 Å². The second-order valence-electron chi connectivity index (χ2n) is 5.75. The van der Waals surface area contributed by atoms with Gasteiger partial charge in [0.2, 0.25) is 0 Å². The van der Waals surface area contributed by atoms with Gasteiger partial charge < -0.3 is 15.2 Å². The van der Waals surface area contributed by atoms with Crippen molar-refractivity contribution in [1.29, 1.82) is 0 Å². The summed E-state index contributed by atoms with van der Waals surface area (Å²) in [6, 6.07) is 4.25. The number of methoxy groups -OCH3 is 1. The third-order valence-electron chi connectivity index (χ3n) is 4.25. The molecular weight excluding hydrogens is 306 g/mol. The predicted octanol–water partition coefficient (Wildman–Crippen LogP) is 3.38. The minimum atomic E-state index is 0.0707. The number of nitrogens with two attached hydrogens (primary N) is 1. The van der Waals surface area contributed by atoms with Crippen LogP contribution in [0.3, 0.4) is 0 Å². The lowest BCUT2D eigenvalue weighted by molar-refractivity contribution is 0.275. The van der Waals surface area contributed by atoms with Gasteiger partial charge in [-0.1, -0.05) is 15.9 Å². The molecule has 0 radical (unpaired) electrons. The van der Waals surface area contributed by atoms with E-state index in [0.717, 1.165) is 41.7 Å². The molecule has 2 saturated carbocycles. The van der Waals surface area contributed by atoms with Crippen molar-refractivity contribution in [3.05, 3.63) is 22.2 Å². The molecule has 1 atom stereocenters. The Labute approximate surface area is 122 Å². The first-order valence-corrected chi connectivity index (χ1v) is 7.66. The zero-order valence-electron chi connectivity index (χ0n) is 11.4. The van der Waals surface area contributed by atoms with Crippen molar-refractivity contribution in [3.8, 4) is 11.5 Å². The van der Waals surface area contributed by atoms with E-state index in [9.17, 15) is 0 Å². The van der Waals surface area contributed by atoms with E-state index in [0.29, 0.717) is 6.10 Å².